The van der Waals surface area contributed by atoms with Gasteiger partial charge < -0.3 is 20.3 Å². The Morgan fingerprint density at radius 2 is 1.96 bits per heavy atom. The number of nitrogens with one attached hydrogen (secondary N) is 2. The highest BCUT2D eigenvalue weighted by Gasteiger charge is 2.29. The fourth-order valence-electron chi connectivity index (χ4n) is 3.29. The van der Waals surface area contributed by atoms with Gasteiger partial charge >= 0.3 is 12.1 Å². The van der Waals surface area contributed by atoms with E-state index in [1.807, 2.05) is 30.3 Å². The number of amides is 3. The fraction of sp³-hybridized carbons (Fsp3) is 0.579. The Hall–Kier alpha value is -2.24. The highest BCUT2D eigenvalue weighted by atomic mass is 16.6. The molecule has 3 amide bonds. The zero-order valence-electron chi connectivity index (χ0n) is 14.7. The van der Waals surface area contributed by atoms with Crippen LogP contribution in [0.1, 0.15) is 31.7 Å². The Morgan fingerprint density at radius 1 is 1.20 bits per heavy atom. The summed E-state index contributed by atoms with van der Waals surface area (Å²) in [5.74, 6) is 0.661. The standard InChI is InChI=1S/C19H27N3O3/c1-14-9-16(10-20-18(23)21-17-7-8-17)12-22(11-14)19(24)25-13-15-5-3-2-4-6-15/h2-6,14,16-17H,7-13H2,1H3,(H2,20,21,23). The molecule has 2 atom stereocenters. The molecule has 6 nitrogen and oxygen atoms in total. The molecule has 1 aliphatic carbocycles. The van der Waals surface area contributed by atoms with Crippen LogP contribution in [-0.4, -0.2) is 42.7 Å². The van der Waals surface area contributed by atoms with E-state index in [4.69, 9.17) is 4.74 Å². The number of urea groups is 1. The van der Waals surface area contributed by atoms with Crippen LogP contribution in [0.25, 0.3) is 0 Å². The van der Waals surface area contributed by atoms with Crippen LogP contribution < -0.4 is 10.6 Å². The van der Waals surface area contributed by atoms with E-state index in [2.05, 4.69) is 17.6 Å². The minimum absolute atomic E-state index is 0.0982. The third kappa shape index (κ3) is 5.66. The second kappa shape index (κ2) is 8.23. The second-order valence-corrected chi connectivity index (χ2v) is 7.28. The number of ether oxygens (including phenoxy) is 1. The van der Waals surface area contributed by atoms with E-state index >= 15 is 0 Å². The molecule has 2 fully saturated rings. The van der Waals surface area contributed by atoms with Crippen LogP contribution in [0.5, 0.6) is 0 Å². The van der Waals surface area contributed by atoms with Gasteiger partial charge in [0, 0.05) is 25.7 Å². The maximum absolute atomic E-state index is 12.4. The molecule has 1 saturated carbocycles. The smallest absolute Gasteiger partial charge is 0.410 e. The molecule has 1 heterocycles. The first-order valence-electron chi connectivity index (χ1n) is 9.10. The van der Waals surface area contributed by atoms with Gasteiger partial charge in [-0.3, -0.25) is 0 Å². The molecule has 0 bridgehead atoms. The third-order valence-corrected chi connectivity index (χ3v) is 4.67. The zero-order chi connectivity index (χ0) is 17.6. The van der Waals surface area contributed by atoms with Gasteiger partial charge in [-0.25, -0.2) is 9.59 Å². The molecule has 2 unspecified atom stereocenters. The molecule has 0 aromatic heterocycles. The first-order chi connectivity index (χ1) is 12.1. The topological polar surface area (TPSA) is 70.7 Å². The normalized spacial score (nSPS) is 23.0. The van der Waals surface area contributed by atoms with Crippen molar-refractivity contribution < 1.29 is 14.3 Å². The summed E-state index contributed by atoms with van der Waals surface area (Å²) in [5.41, 5.74) is 0.982. The summed E-state index contributed by atoms with van der Waals surface area (Å²) >= 11 is 0. The lowest BCUT2D eigenvalue weighted by atomic mass is 9.90. The van der Waals surface area contributed by atoms with E-state index in [-0.39, 0.29) is 24.6 Å². The fourth-order valence-corrected chi connectivity index (χ4v) is 3.29. The van der Waals surface area contributed by atoms with E-state index < -0.39 is 0 Å². The minimum Gasteiger partial charge on any atom is -0.445 e. The van der Waals surface area contributed by atoms with Gasteiger partial charge in [-0.2, -0.15) is 0 Å². The summed E-state index contributed by atoms with van der Waals surface area (Å²) in [5, 5.41) is 5.85. The minimum atomic E-state index is -0.275. The van der Waals surface area contributed by atoms with Crippen LogP contribution in [0, 0.1) is 11.8 Å². The molecular formula is C19H27N3O3. The Balaban J connectivity index is 1.44. The predicted octanol–water partition coefficient (Wildman–Crippen LogP) is 2.74. The van der Waals surface area contributed by atoms with Crippen molar-refractivity contribution in [2.75, 3.05) is 19.6 Å². The van der Waals surface area contributed by atoms with Crippen molar-refractivity contribution in [2.24, 2.45) is 11.8 Å². The maximum atomic E-state index is 12.4. The van der Waals surface area contributed by atoms with Crippen molar-refractivity contribution in [1.29, 1.82) is 0 Å². The molecule has 1 aliphatic heterocycles. The number of piperidine rings is 1. The number of likely N-dealkylation sites (tertiary alicyclic amines) is 1. The number of nitrogens with zero attached hydrogens (tertiary/aromatic N) is 1. The summed E-state index contributed by atoms with van der Waals surface area (Å²) < 4.78 is 5.44. The quantitative estimate of drug-likeness (QED) is 0.862. The zero-order valence-corrected chi connectivity index (χ0v) is 14.7. The summed E-state index contributed by atoms with van der Waals surface area (Å²) in [6.07, 6.45) is 2.89. The highest BCUT2D eigenvalue weighted by molar-refractivity contribution is 5.74. The lowest BCUT2D eigenvalue weighted by Gasteiger charge is -2.35. The maximum Gasteiger partial charge on any atom is 0.410 e. The van der Waals surface area contributed by atoms with Crippen LogP contribution in [0.3, 0.4) is 0 Å². The van der Waals surface area contributed by atoms with E-state index in [0.717, 1.165) is 24.8 Å². The van der Waals surface area contributed by atoms with Gasteiger partial charge in [0.15, 0.2) is 0 Å². The van der Waals surface area contributed by atoms with Crippen LogP contribution in [0.15, 0.2) is 30.3 Å². The number of hydrogen-bond acceptors (Lipinski definition) is 3. The monoisotopic (exact) mass is 345 g/mol. The van der Waals surface area contributed by atoms with Gasteiger partial charge in [0.25, 0.3) is 0 Å². The van der Waals surface area contributed by atoms with Crippen molar-refractivity contribution in [3.05, 3.63) is 35.9 Å². The van der Waals surface area contributed by atoms with Crippen molar-refractivity contribution in [2.45, 2.75) is 38.8 Å². The summed E-state index contributed by atoms with van der Waals surface area (Å²) in [6, 6.07) is 9.94. The van der Waals surface area contributed by atoms with Crippen LogP contribution >= 0.6 is 0 Å². The Labute approximate surface area is 148 Å². The lowest BCUT2D eigenvalue weighted by Crippen LogP contribution is -2.48. The molecule has 1 aromatic rings. The number of carbonyl (C=O) groups is 2. The number of hydrogen-bond donors (Lipinski definition) is 2. The molecule has 136 valence electrons. The average Bonchev–Trinajstić information content (AvgIpc) is 3.42. The first kappa shape index (κ1) is 17.6. The molecule has 2 N–H and O–H groups in total. The van der Waals surface area contributed by atoms with E-state index in [0.29, 0.717) is 31.6 Å². The van der Waals surface area contributed by atoms with Gasteiger partial charge in [-0.1, -0.05) is 37.3 Å². The average molecular weight is 345 g/mol. The summed E-state index contributed by atoms with van der Waals surface area (Å²) in [4.78, 5) is 25.9. The van der Waals surface area contributed by atoms with Gasteiger partial charge in [-0.15, -0.1) is 0 Å². The molecule has 25 heavy (non-hydrogen) atoms. The van der Waals surface area contributed by atoms with Crippen molar-refractivity contribution in [3.63, 3.8) is 0 Å². The lowest BCUT2D eigenvalue weighted by molar-refractivity contribution is 0.0674. The van der Waals surface area contributed by atoms with Crippen LogP contribution in [-0.2, 0) is 11.3 Å². The Bertz CT molecular complexity index is 589. The molecule has 0 radical (unpaired) electrons. The summed E-state index contributed by atoms with van der Waals surface area (Å²) in [6.45, 7) is 4.34. The van der Waals surface area contributed by atoms with Crippen molar-refractivity contribution >= 4 is 12.1 Å². The van der Waals surface area contributed by atoms with Gasteiger partial charge in [0.1, 0.15) is 6.61 Å². The van der Waals surface area contributed by atoms with E-state index in [1.54, 1.807) is 4.90 Å². The van der Waals surface area contributed by atoms with Crippen LogP contribution in [0.2, 0.25) is 0 Å². The predicted molar refractivity (Wildman–Crippen MR) is 95.0 cm³/mol. The Morgan fingerprint density at radius 3 is 2.68 bits per heavy atom. The van der Waals surface area contributed by atoms with Gasteiger partial charge in [0.05, 0.1) is 0 Å². The number of carbonyl (C=O) groups excluding carboxylic acids is 2. The molecule has 3 rings (SSSR count). The molecular weight excluding hydrogens is 318 g/mol. The highest BCUT2D eigenvalue weighted by Crippen LogP contribution is 2.22. The SMILES string of the molecule is CC1CC(CNC(=O)NC2CC2)CN(C(=O)OCc2ccccc2)C1. The molecule has 2 aliphatic rings. The third-order valence-electron chi connectivity index (χ3n) is 4.67. The largest absolute Gasteiger partial charge is 0.445 e. The second-order valence-electron chi connectivity index (χ2n) is 7.28. The first-order valence-corrected chi connectivity index (χ1v) is 9.10. The molecule has 1 saturated heterocycles. The number of rotatable bonds is 5. The van der Waals surface area contributed by atoms with Crippen molar-refractivity contribution in [1.82, 2.24) is 15.5 Å². The van der Waals surface area contributed by atoms with Gasteiger partial charge in [0.2, 0.25) is 0 Å². The summed E-state index contributed by atoms with van der Waals surface area (Å²) in [7, 11) is 0. The molecule has 1 aromatic carbocycles. The van der Waals surface area contributed by atoms with E-state index in [9.17, 15) is 9.59 Å². The van der Waals surface area contributed by atoms with Gasteiger partial charge in [-0.05, 0) is 36.7 Å². The Kier molecular flexibility index (Phi) is 5.79. The molecule has 0 spiro atoms. The van der Waals surface area contributed by atoms with Crippen molar-refractivity contribution in [3.8, 4) is 0 Å². The van der Waals surface area contributed by atoms with Crippen LogP contribution in [0.4, 0.5) is 9.59 Å². The number of benzene rings is 1. The molecule has 6 heteroatoms. The van der Waals surface area contributed by atoms with E-state index in [1.165, 1.54) is 0 Å².